The molecule has 0 unspecified atom stereocenters. The van der Waals surface area contributed by atoms with Crippen molar-refractivity contribution in [3.63, 3.8) is 0 Å². The van der Waals surface area contributed by atoms with Crippen molar-refractivity contribution in [3.8, 4) is 0 Å². The van der Waals surface area contributed by atoms with Crippen molar-refractivity contribution < 1.29 is 9.59 Å². The van der Waals surface area contributed by atoms with Crippen LogP contribution in [0.2, 0.25) is 0 Å². The fraction of sp³-hybridized carbons (Fsp3) is 0.875. The second-order valence-electron chi connectivity index (χ2n) is 6.84. The number of amides is 2. The molecule has 3 atom stereocenters. The highest BCUT2D eigenvalue weighted by molar-refractivity contribution is 5.81. The Labute approximate surface area is 132 Å². The van der Waals surface area contributed by atoms with E-state index in [0.717, 1.165) is 51.9 Å². The van der Waals surface area contributed by atoms with E-state index < -0.39 is 0 Å². The average Bonchev–Trinajstić information content (AvgIpc) is 2.55. The van der Waals surface area contributed by atoms with E-state index in [9.17, 15) is 9.59 Å². The highest BCUT2D eigenvalue weighted by atomic mass is 16.2. The van der Waals surface area contributed by atoms with E-state index >= 15 is 0 Å². The molecule has 2 N–H and O–H groups in total. The molecular weight excluding hydrogens is 280 g/mol. The van der Waals surface area contributed by atoms with E-state index in [4.69, 9.17) is 0 Å². The lowest BCUT2D eigenvalue weighted by Gasteiger charge is -2.43. The van der Waals surface area contributed by atoms with Crippen molar-refractivity contribution in [2.45, 2.75) is 44.7 Å². The van der Waals surface area contributed by atoms with Crippen LogP contribution in [0.3, 0.4) is 0 Å². The Balaban J connectivity index is 1.62. The summed E-state index contributed by atoms with van der Waals surface area (Å²) in [6.07, 6.45) is 4.09. The number of likely N-dealkylation sites (tertiary alicyclic amines) is 1. The van der Waals surface area contributed by atoms with Crippen LogP contribution in [-0.2, 0) is 9.59 Å². The van der Waals surface area contributed by atoms with E-state index in [2.05, 4.69) is 17.6 Å². The van der Waals surface area contributed by atoms with Gasteiger partial charge in [0.25, 0.3) is 0 Å². The van der Waals surface area contributed by atoms with E-state index in [1.807, 2.05) is 9.80 Å². The largest absolute Gasteiger partial charge is 0.340 e. The number of hydrogen-bond donors (Lipinski definition) is 2. The van der Waals surface area contributed by atoms with Crippen LogP contribution in [0.4, 0.5) is 0 Å². The summed E-state index contributed by atoms with van der Waals surface area (Å²) in [5.41, 5.74) is 0. The van der Waals surface area contributed by atoms with Crippen molar-refractivity contribution in [2.24, 2.45) is 5.92 Å². The van der Waals surface area contributed by atoms with Crippen LogP contribution in [0.5, 0.6) is 0 Å². The zero-order chi connectivity index (χ0) is 15.5. The molecule has 6 nitrogen and oxygen atoms in total. The van der Waals surface area contributed by atoms with E-state index in [1.54, 1.807) is 0 Å². The molecule has 3 saturated heterocycles. The van der Waals surface area contributed by atoms with Crippen molar-refractivity contribution in [1.29, 1.82) is 0 Å². The third-order valence-corrected chi connectivity index (χ3v) is 5.35. The van der Waals surface area contributed by atoms with Crippen LogP contribution in [0, 0.1) is 5.92 Å². The van der Waals surface area contributed by atoms with Crippen LogP contribution < -0.4 is 10.6 Å². The molecule has 0 aromatic rings. The molecule has 0 aromatic heterocycles. The zero-order valence-electron chi connectivity index (χ0n) is 13.5. The first kappa shape index (κ1) is 15.7. The van der Waals surface area contributed by atoms with Gasteiger partial charge in [0.2, 0.25) is 11.8 Å². The Hall–Kier alpha value is -1.14. The first-order chi connectivity index (χ1) is 10.7. The average molecular weight is 308 g/mol. The summed E-state index contributed by atoms with van der Waals surface area (Å²) >= 11 is 0. The maximum absolute atomic E-state index is 12.8. The smallest absolute Gasteiger partial charge is 0.236 e. The highest BCUT2D eigenvalue weighted by Crippen LogP contribution is 2.23. The number of carbonyl (C=O) groups is 2. The second kappa shape index (κ2) is 6.96. The van der Waals surface area contributed by atoms with E-state index in [0.29, 0.717) is 13.1 Å². The maximum Gasteiger partial charge on any atom is 0.236 e. The van der Waals surface area contributed by atoms with E-state index in [1.165, 1.54) is 0 Å². The number of nitrogens with one attached hydrogen (secondary N) is 2. The number of rotatable bonds is 2. The summed E-state index contributed by atoms with van der Waals surface area (Å²) in [7, 11) is 0. The standard InChI is InChI=1S/C16H28N4O2/c1-12-14(5-2-6-18-12)16(22)19-8-3-4-13(11-19)20-9-7-17-10-15(20)21/h12-14,17-18H,2-11H2,1H3/t12-,13-,14+/m0/s1. The molecule has 3 heterocycles. The minimum Gasteiger partial charge on any atom is -0.340 e. The van der Waals surface area contributed by atoms with E-state index in [-0.39, 0.29) is 29.8 Å². The lowest BCUT2D eigenvalue weighted by Crippen LogP contribution is -2.59. The molecule has 0 bridgehead atoms. The molecule has 2 amide bonds. The topological polar surface area (TPSA) is 64.7 Å². The lowest BCUT2D eigenvalue weighted by molar-refractivity contribution is -0.143. The van der Waals surface area contributed by atoms with Crippen molar-refractivity contribution in [2.75, 3.05) is 39.3 Å². The monoisotopic (exact) mass is 308 g/mol. The summed E-state index contributed by atoms with van der Waals surface area (Å²) in [6.45, 7) is 6.76. The molecule has 0 radical (unpaired) electrons. The summed E-state index contributed by atoms with van der Waals surface area (Å²) in [4.78, 5) is 28.9. The summed E-state index contributed by atoms with van der Waals surface area (Å²) in [5, 5.41) is 6.53. The normalized spacial score (nSPS) is 33.9. The minimum absolute atomic E-state index is 0.103. The van der Waals surface area contributed by atoms with Gasteiger partial charge in [-0.15, -0.1) is 0 Å². The predicted octanol–water partition coefficient (Wildman–Crippen LogP) is -0.203. The summed E-state index contributed by atoms with van der Waals surface area (Å²) in [5.74, 6) is 0.566. The molecule has 6 heteroatoms. The maximum atomic E-state index is 12.8. The third kappa shape index (κ3) is 3.27. The van der Waals surface area contributed by atoms with Crippen molar-refractivity contribution in [3.05, 3.63) is 0 Å². The molecule has 3 fully saturated rings. The molecule has 0 saturated carbocycles. The van der Waals surface area contributed by atoms with Gasteiger partial charge < -0.3 is 20.4 Å². The number of piperazine rings is 1. The summed E-state index contributed by atoms with van der Waals surface area (Å²) < 4.78 is 0. The third-order valence-electron chi connectivity index (χ3n) is 5.35. The van der Waals surface area contributed by atoms with Crippen LogP contribution >= 0.6 is 0 Å². The number of piperidine rings is 2. The Morgan fingerprint density at radius 3 is 2.82 bits per heavy atom. The Morgan fingerprint density at radius 2 is 2.05 bits per heavy atom. The number of hydrogen-bond acceptors (Lipinski definition) is 4. The molecular formula is C16H28N4O2. The van der Waals surface area contributed by atoms with Gasteiger partial charge in [0, 0.05) is 38.3 Å². The minimum atomic E-state index is 0.103. The van der Waals surface area contributed by atoms with Gasteiger partial charge >= 0.3 is 0 Å². The Bertz CT molecular complexity index is 428. The predicted molar refractivity (Wildman–Crippen MR) is 84.4 cm³/mol. The SMILES string of the molecule is C[C@@H]1NCCC[C@H]1C(=O)N1CCC[C@H](N2CCNCC2=O)C1. The van der Waals surface area contributed by atoms with Gasteiger partial charge in [0.05, 0.1) is 12.5 Å². The van der Waals surface area contributed by atoms with Crippen molar-refractivity contribution in [1.82, 2.24) is 20.4 Å². The van der Waals surface area contributed by atoms with Crippen LogP contribution in [0.25, 0.3) is 0 Å². The van der Waals surface area contributed by atoms with Crippen LogP contribution in [0.1, 0.15) is 32.6 Å². The quantitative estimate of drug-likeness (QED) is 0.741. The molecule has 3 aliphatic rings. The van der Waals surface area contributed by atoms with Crippen LogP contribution in [0.15, 0.2) is 0 Å². The number of carbonyl (C=O) groups excluding carboxylic acids is 2. The second-order valence-corrected chi connectivity index (χ2v) is 6.84. The molecule has 0 spiro atoms. The van der Waals surface area contributed by atoms with Gasteiger partial charge in [-0.05, 0) is 39.2 Å². The molecule has 3 aliphatic heterocycles. The Kier molecular flexibility index (Phi) is 4.98. The molecule has 0 aliphatic carbocycles. The first-order valence-electron chi connectivity index (χ1n) is 8.69. The molecule has 124 valence electrons. The van der Waals surface area contributed by atoms with Gasteiger partial charge in [-0.1, -0.05) is 0 Å². The van der Waals surface area contributed by atoms with Crippen LogP contribution in [-0.4, -0.2) is 73.0 Å². The Morgan fingerprint density at radius 1 is 1.18 bits per heavy atom. The molecule has 0 aromatic carbocycles. The fourth-order valence-electron chi connectivity index (χ4n) is 4.03. The molecule has 22 heavy (non-hydrogen) atoms. The number of nitrogens with zero attached hydrogens (tertiary/aromatic N) is 2. The van der Waals surface area contributed by atoms with Gasteiger partial charge in [-0.25, -0.2) is 0 Å². The van der Waals surface area contributed by atoms with Crippen molar-refractivity contribution >= 4 is 11.8 Å². The lowest BCUT2D eigenvalue weighted by atomic mass is 9.89. The highest BCUT2D eigenvalue weighted by Gasteiger charge is 2.36. The fourth-order valence-corrected chi connectivity index (χ4v) is 4.03. The van der Waals surface area contributed by atoms with Gasteiger partial charge in [0.1, 0.15) is 0 Å². The summed E-state index contributed by atoms with van der Waals surface area (Å²) in [6, 6.07) is 0.474. The first-order valence-corrected chi connectivity index (χ1v) is 8.69. The van der Waals surface area contributed by atoms with Gasteiger partial charge in [0.15, 0.2) is 0 Å². The molecule has 3 rings (SSSR count). The van der Waals surface area contributed by atoms with Gasteiger partial charge in [-0.2, -0.15) is 0 Å². The van der Waals surface area contributed by atoms with Gasteiger partial charge in [-0.3, -0.25) is 9.59 Å². The zero-order valence-corrected chi connectivity index (χ0v) is 13.5.